The lowest BCUT2D eigenvalue weighted by molar-refractivity contribution is -0.120. The van der Waals surface area contributed by atoms with Crippen molar-refractivity contribution in [2.24, 2.45) is 0 Å². The van der Waals surface area contributed by atoms with Crippen LogP contribution < -0.4 is 10.6 Å². The minimum atomic E-state index is -0.492. The number of hydrogen-bond donors (Lipinski definition) is 3. The average Bonchev–Trinajstić information content (AvgIpc) is 2.14. The van der Waals surface area contributed by atoms with Gasteiger partial charge in [0.05, 0.1) is 6.54 Å². The number of halogens is 1. The number of benzene rings is 1. The van der Waals surface area contributed by atoms with Crippen molar-refractivity contribution in [3.05, 3.63) is 29.6 Å². The highest BCUT2D eigenvalue weighted by Crippen LogP contribution is 2.14. The van der Waals surface area contributed by atoms with E-state index in [2.05, 4.69) is 10.6 Å². The highest BCUT2D eigenvalue weighted by atomic mass is 19.1. The number of carbonyl (C=O) groups excluding carboxylic acids is 1. The van der Waals surface area contributed by atoms with Crippen LogP contribution in [0.1, 0.15) is 19.4 Å². The van der Waals surface area contributed by atoms with Crippen LogP contribution >= 0.6 is 0 Å². The quantitative estimate of drug-likeness (QED) is 0.723. The number of amides is 1. The molecule has 0 aliphatic carbocycles. The molecule has 0 spiro atoms. The van der Waals surface area contributed by atoms with E-state index in [1.807, 2.05) is 13.8 Å². The zero-order valence-electron chi connectivity index (χ0n) is 9.96. The van der Waals surface area contributed by atoms with Crippen molar-refractivity contribution in [2.45, 2.75) is 26.4 Å². The summed E-state index contributed by atoms with van der Waals surface area (Å²) < 4.78 is 12.9. The van der Waals surface area contributed by atoms with E-state index >= 15 is 0 Å². The first-order chi connectivity index (χ1) is 7.97. The van der Waals surface area contributed by atoms with Crippen LogP contribution in [0.15, 0.2) is 18.2 Å². The molecule has 17 heavy (non-hydrogen) atoms. The van der Waals surface area contributed by atoms with Crippen molar-refractivity contribution in [3.63, 3.8) is 0 Å². The van der Waals surface area contributed by atoms with Gasteiger partial charge in [-0.3, -0.25) is 4.79 Å². The number of phenols is 1. The maximum Gasteiger partial charge on any atom is 0.234 e. The van der Waals surface area contributed by atoms with E-state index in [9.17, 15) is 14.3 Å². The van der Waals surface area contributed by atoms with Crippen LogP contribution in [-0.4, -0.2) is 23.6 Å². The van der Waals surface area contributed by atoms with Gasteiger partial charge in [0, 0.05) is 18.7 Å². The van der Waals surface area contributed by atoms with E-state index in [1.165, 1.54) is 12.1 Å². The van der Waals surface area contributed by atoms with Crippen molar-refractivity contribution in [1.29, 1.82) is 0 Å². The summed E-state index contributed by atoms with van der Waals surface area (Å²) in [5.41, 5.74) is 0.597. The molecule has 0 aliphatic rings. The van der Waals surface area contributed by atoms with Crippen LogP contribution in [0.4, 0.5) is 4.39 Å². The van der Waals surface area contributed by atoms with Gasteiger partial charge in [-0.1, -0.05) is 0 Å². The van der Waals surface area contributed by atoms with E-state index in [0.29, 0.717) is 12.1 Å². The highest BCUT2D eigenvalue weighted by Gasteiger charge is 2.03. The average molecular weight is 240 g/mol. The Hall–Kier alpha value is -1.62. The molecule has 0 bridgehead atoms. The van der Waals surface area contributed by atoms with Crippen molar-refractivity contribution in [3.8, 4) is 5.75 Å². The van der Waals surface area contributed by atoms with Crippen molar-refractivity contribution >= 4 is 5.91 Å². The highest BCUT2D eigenvalue weighted by molar-refractivity contribution is 5.78. The minimum absolute atomic E-state index is 0.0996. The number of carbonyl (C=O) groups is 1. The number of rotatable bonds is 5. The molecule has 0 radical (unpaired) electrons. The van der Waals surface area contributed by atoms with Gasteiger partial charge in [-0.15, -0.1) is 0 Å². The van der Waals surface area contributed by atoms with Gasteiger partial charge >= 0.3 is 0 Å². The van der Waals surface area contributed by atoms with Gasteiger partial charge in [-0.05, 0) is 31.5 Å². The standard InChI is InChI=1S/C12H17FN2O2/c1-8(2)15-12(17)7-14-6-9-3-10(13)5-11(16)4-9/h3-5,8,14,16H,6-7H2,1-2H3,(H,15,17). The Bertz CT molecular complexity index is 374. The molecule has 0 aromatic heterocycles. The maximum absolute atomic E-state index is 12.9. The topological polar surface area (TPSA) is 61.4 Å². The number of hydrogen-bond acceptors (Lipinski definition) is 3. The van der Waals surface area contributed by atoms with E-state index in [4.69, 9.17) is 0 Å². The predicted molar refractivity (Wildman–Crippen MR) is 63.1 cm³/mol. The zero-order chi connectivity index (χ0) is 12.8. The maximum atomic E-state index is 12.9. The molecule has 0 unspecified atom stereocenters. The summed E-state index contributed by atoms with van der Waals surface area (Å²) in [6, 6.07) is 3.90. The fraction of sp³-hybridized carbons (Fsp3) is 0.417. The largest absolute Gasteiger partial charge is 0.508 e. The lowest BCUT2D eigenvalue weighted by Gasteiger charge is -2.09. The predicted octanol–water partition coefficient (Wildman–Crippen LogP) is 1.15. The van der Waals surface area contributed by atoms with Crippen molar-refractivity contribution < 1.29 is 14.3 Å². The number of aromatic hydroxyl groups is 1. The van der Waals surface area contributed by atoms with Crippen LogP contribution in [0.25, 0.3) is 0 Å². The van der Waals surface area contributed by atoms with Crippen LogP contribution in [-0.2, 0) is 11.3 Å². The lowest BCUT2D eigenvalue weighted by atomic mass is 10.2. The Labute approximate surface area is 99.8 Å². The first kappa shape index (κ1) is 13.4. The third-order valence-corrected chi connectivity index (χ3v) is 2.01. The molecule has 3 N–H and O–H groups in total. The molecular formula is C12H17FN2O2. The molecule has 0 atom stereocenters. The first-order valence-corrected chi connectivity index (χ1v) is 5.46. The van der Waals surface area contributed by atoms with Crippen molar-refractivity contribution in [1.82, 2.24) is 10.6 Å². The SMILES string of the molecule is CC(C)NC(=O)CNCc1cc(O)cc(F)c1. The Morgan fingerprint density at radius 3 is 2.71 bits per heavy atom. The molecule has 0 heterocycles. The fourth-order valence-corrected chi connectivity index (χ4v) is 1.43. The van der Waals surface area contributed by atoms with Crippen LogP contribution in [0.3, 0.4) is 0 Å². The second kappa shape index (κ2) is 6.20. The van der Waals surface area contributed by atoms with E-state index in [1.54, 1.807) is 0 Å². The molecule has 0 aliphatic heterocycles. The summed E-state index contributed by atoms with van der Waals surface area (Å²) in [6.45, 7) is 4.25. The van der Waals surface area contributed by atoms with E-state index in [-0.39, 0.29) is 24.2 Å². The van der Waals surface area contributed by atoms with Crippen molar-refractivity contribution in [2.75, 3.05) is 6.54 Å². The van der Waals surface area contributed by atoms with Gasteiger partial charge in [0.2, 0.25) is 5.91 Å². The molecule has 0 fully saturated rings. The van der Waals surface area contributed by atoms with Gasteiger partial charge in [0.25, 0.3) is 0 Å². The zero-order valence-corrected chi connectivity index (χ0v) is 9.96. The van der Waals surface area contributed by atoms with Gasteiger partial charge in [-0.2, -0.15) is 0 Å². The molecule has 1 aromatic carbocycles. The normalized spacial score (nSPS) is 10.6. The third-order valence-electron chi connectivity index (χ3n) is 2.01. The summed E-state index contributed by atoms with van der Waals surface area (Å²) in [5, 5.41) is 14.8. The summed E-state index contributed by atoms with van der Waals surface area (Å²) >= 11 is 0. The van der Waals surface area contributed by atoms with Gasteiger partial charge in [-0.25, -0.2) is 4.39 Å². The van der Waals surface area contributed by atoms with E-state index < -0.39 is 5.82 Å². The van der Waals surface area contributed by atoms with E-state index in [0.717, 1.165) is 6.07 Å². The molecule has 94 valence electrons. The Morgan fingerprint density at radius 1 is 1.41 bits per heavy atom. The number of nitrogens with one attached hydrogen (secondary N) is 2. The second-order valence-corrected chi connectivity index (χ2v) is 4.14. The third kappa shape index (κ3) is 5.31. The Balaban J connectivity index is 2.38. The molecule has 4 nitrogen and oxygen atoms in total. The number of phenolic OH excluding ortho intramolecular Hbond substituents is 1. The molecule has 1 rings (SSSR count). The molecule has 1 aromatic rings. The van der Waals surface area contributed by atoms with Gasteiger partial charge in [0.1, 0.15) is 11.6 Å². The molecule has 0 saturated heterocycles. The van der Waals surface area contributed by atoms with Crippen LogP contribution in [0.2, 0.25) is 0 Å². The molecular weight excluding hydrogens is 223 g/mol. The monoisotopic (exact) mass is 240 g/mol. The Morgan fingerprint density at radius 2 is 2.12 bits per heavy atom. The summed E-state index contributed by atoms with van der Waals surface area (Å²) in [6.07, 6.45) is 0. The smallest absolute Gasteiger partial charge is 0.234 e. The molecule has 1 amide bonds. The summed E-state index contributed by atoms with van der Waals surface area (Å²) in [7, 11) is 0. The lowest BCUT2D eigenvalue weighted by Crippen LogP contribution is -2.37. The van der Waals surface area contributed by atoms with Gasteiger partial charge < -0.3 is 15.7 Å². The molecule has 5 heteroatoms. The minimum Gasteiger partial charge on any atom is -0.508 e. The van der Waals surface area contributed by atoms with Crippen LogP contribution in [0.5, 0.6) is 5.75 Å². The summed E-state index contributed by atoms with van der Waals surface area (Å²) in [4.78, 5) is 11.3. The Kier molecular flexibility index (Phi) is 4.90. The first-order valence-electron chi connectivity index (χ1n) is 5.46. The molecule has 0 saturated carbocycles. The second-order valence-electron chi connectivity index (χ2n) is 4.14. The summed E-state index contributed by atoms with van der Waals surface area (Å²) in [5.74, 6) is -0.720. The van der Waals surface area contributed by atoms with Gasteiger partial charge in [0.15, 0.2) is 0 Å². The van der Waals surface area contributed by atoms with Crippen LogP contribution in [0, 0.1) is 5.82 Å². The fourth-order valence-electron chi connectivity index (χ4n) is 1.43.